The number of rotatable bonds is 5. The lowest BCUT2D eigenvalue weighted by Crippen LogP contribution is -2.50. The van der Waals surface area contributed by atoms with Crippen LogP contribution in [0.15, 0.2) is 36.4 Å². The fourth-order valence-corrected chi connectivity index (χ4v) is 6.11. The fourth-order valence-electron chi connectivity index (χ4n) is 6.11. The smallest absolute Gasteiger partial charge is 0.299 e. The van der Waals surface area contributed by atoms with Gasteiger partial charge in [0, 0.05) is 11.1 Å². The Hall–Kier alpha value is -1.55. The minimum Gasteiger partial charge on any atom is -0.382 e. The highest BCUT2D eigenvalue weighted by molar-refractivity contribution is 5.94. The van der Waals surface area contributed by atoms with Crippen molar-refractivity contribution in [3.05, 3.63) is 47.5 Å². The highest BCUT2D eigenvalue weighted by atomic mass is 19.3. The van der Waals surface area contributed by atoms with Crippen LogP contribution in [-0.2, 0) is 0 Å². The van der Waals surface area contributed by atoms with Gasteiger partial charge in [-0.25, -0.2) is 0 Å². The molecule has 1 aromatic rings. The lowest BCUT2D eigenvalue weighted by molar-refractivity contribution is -0.118. The van der Waals surface area contributed by atoms with Gasteiger partial charge in [-0.15, -0.1) is 0 Å². The summed E-state index contributed by atoms with van der Waals surface area (Å²) < 4.78 is 30.5. The Labute approximate surface area is 153 Å². The second-order valence-corrected chi connectivity index (χ2v) is 8.88. The topological polar surface area (TPSA) is 37.3 Å². The van der Waals surface area contributed by atoms with Gasteiger partial charge in [-0.1, -0.05) is 30.8 Å². The second-order valence-electron chi connectivity index (χ2n) is 8.88. The molecule has 2 nitrogen and oxygen atoms in total. The van der Waals surface area contributed by atoms with Crippen molar-refractivity contribution in [3.8, 4) is 0 Å². The van der Waals surface area contributed by atoms with Crippen molar-refractivity contribution in [2.45, 2.75) is 57.5 Å². The normalized spacial score (nSPS) is 33.9. The number of carbonyl (C=O) groups excluding carboxylic acids is 1. The number of aliphatic hydroxyl groups is 1. The summed E-state index contributed by atoms with van der Waals surface area (Å²) in [6.07, 6.45) is 3.98. The third kappa shape index (κ3) is 2.74. The first-order chi connectivity index (χ1) is 12.2. The Morgan fingerprint density at radius 1 is 1.12 bits per heavy atom. The highest BCUT2D eigenvalue weighted by Gasteiger charge is 2.58. The Morgan fingerprint density at radius 3 is 2.00 bits per heavy atom. The lowest BCUT2D eigenvalue weighted by atomic mass is 9.47. The summed E-state index contributed by atoms with van der Waals surface area (Å²) in [7, 11) is 0. The molecule has 1 unspecified atom stereocenters. The number of hydrogen-bond acceptors (Lipinski definition) is 2. The average Bonchev–Trinajstić information content (AvgIpc) is 2.59. The summed E-state index contributed by atoms with van der Waals surface area (Å²) in [6, 6.07) is 5.82. The number of halogens is 2. The van der Waals surface area contributed by atoms with Crippen LogP contribution in [0.25, 0.3) is 0 Å². The van der Waals surface area contributed by atoms with Gasteiger partial charge in [-0.2, -0.15) is 8.78 Å². The van der Waals surface area contributed by atoms with E-state index >= 15 is 8.78 Å². The maximum Gasteiger partial charge on any atom is 0.299 e. The molecular formula is C22H26F2O2. The van der Waals surface area contributed by atoms with Gasteiger partial charge in [0.15, 0.2) is 5.78 Å². The van der Waals surface area contributed by atoms with E-state index in [9.17, 15) is 9.90 Å². The zero-order valence-corrected chi connectivity index (χ0v) is 15.2. The molecule has 0 aliphatic heterocycles. The first-order valence-electron chi connectivity index (χ1n) is 9.58. The van der Waals surface area contributed by atoms with Crippen molar-refractivity contribution in [1.82, 2.24) is 0 Å². The number of hydrogen-bond donors (Lipinski definition) is 1. The summed E-state index contributed by atoms with van der Waals surface area (Å²) in [5.74, 6) is -1.87. The maximum absolute atomic E-state index is 15.2. The molecule has 5 rings (SSSR count). The maximum atomic E-state index is 15.2. The van der Waals surface area contributed by atoms with E-state index in [-0.39, 0.29) is 16.9 Å². The third-order valence-electron chi connectivity index (χ3n) is 7.06. The van der Waals surface area contributed by atoms with Crippen LogP contribution in [0, 0.1) is 23.2 Å². The number of Topliss-reactive ketones (excluding diaryl/α,β-unsaturated/α-hetero) is 1. The third-order valence-corrected chi connectivity index (χ3v) is 7.06. The Morgan fingerprint density at radius 2 is 1.58 bits per heavy atom. The molecule has 1 N–H and O–H groups in total. The summed E-state index contributed by atoms with van der Waals surface area (Å²) >= 11 is 0. The number of alkyl halides is 2. The molecule has 0 aromatic heterocycles. The number of aliphatic hydroxyl groups excluding tert-OH is 1. The van der Waals surface area contributed by atoms with Crippen LogP contribution in [0.3, 0.4) is 0 Å². The fraction of sp³-hybridized carbons (Fsp3) is 0.591. The van der Waals surface area contributed by atoms with E-state index in [0.717, 1.165) is 19.3 Å². The molecule has 140 valence electrons. The van der Waals surface area contributed by atoms with Gasteiger partial charge in [-0.3, -0.25) is 4.79 Å². The summed E-state index contributed by atoms with van der Waals surface area (Å²) in [4.78, 5) is 11.4. The van der Waals surface area contributed by atoms with Crippen LogP contribution in [0.5, 0.6) is 0 Å². The van der Waals surface area contributed by atoms with Crippen molar-refractivity contribution >= 4 is 5.78 Å². The molecule has 4 fully saturated rings. The van der Waals surface area contributed by atoms with Crippen LogP contribution >= 0.6 is 0 Å². The van der Waals surface area contributed by atoms with Crippen molar-refractivity contribution in [2.75, 3.05) is 0 Å². The SMILES string of the molecule is C=C(C12CC3CC(CC(C3)C1)C2)C(F)(F)C(O)c1ccc(C(C)=O)cc1. The molecule has 4 aliphatic rings. The Balaban J connectivity index is 1.59. The van der Waals surface area contributed by atoms with Crippen molar-refractivity contribution in [1.29, 1.82) is 0 Å². The minimum absolute atomic E-state index is 0.0766. The largest absolute Gasteiger partial charge is 0.382 e. The van der Waals surface area contributed by atoms with Crippen LogP contribution in [0.1, 0.15) is 67.5 Å². The molecule has 0 radical (unpaired) electrons. The van der Waals surface area contributed by atoms with Gasteiger partial charge in [0.25, 0.3) is 5.92 Å². The van der Waals surface area contributed by atoms with Gasteiger partial charge in [0.2, 0.25) is 0 Å². The van der Waals surface area contributed by atoms with Crippen molar-refractivity contribution in [3.63, 3.8) is 0 Å². The van der Waals surface area contributed by atoms with E-state index < -0.39 is 17.4 Å². The average molecular weight is 360 g/mol. The van der Waals surface area contributed by atoms with E-state index in [1.54, 1.807) is 0 Å². The van der Waals surface area contributed by atoms with E-state index in [1.165, 1.54) is 50.5 Å². The molecule has 0 amide bonds. The molecule has 0 heterocycles. The molecule has 0 spiro atoms. The molecule has 26 heavy (non-hydrogen) atoms. The predicted octanol–water partition coefficient (Wildman–Crippen LogP) is 5.33. The Bertz CT molecular complexity index is 700. The van der Waals surface area contributed by atoms with E-state index in [1.807, 2.05) is 0 Å². The van der Waals surface area contributed by atoms with E-state index in [4.69, 9.17) is 0 Å². The quantitative estimate of drug-likeness (QED) is 0.569. The van der Waals surface area contributed by atoms with Crippen LogP contribution in [0.4, 0.5) is 8.78 Å². The molecule has 0 saturated heterocycles. The molecule has 4 heteroatoms. The van der Waals surface area contributed by atoms with Gasteiger partial charge in [0.1, 0.15) is 6.10 Å². The van der Waals surface area contributed by atoms with Gasteiger partial charge in [-0.05, 0) is 74.2 Å². The number of carbonyl (C=O) groups is 1. The van der Waals surface area contributed by atoms with E-state index in [0.29, 0.717) is 23.3 Å². The molecule has 4 aliphatic carbocycles. The molecule has 1 atom stereocenters. The first-order valence-corrected chi connectivity index (χ1v) is 9.58. The standard InChI is InChI=1S/C22H26F2O2/c1-13(25)18-3-5-19(6-4-18)20(26)22(23,24)14(2)21-10-15-7-16(11-21)9-17(8-15)12-21/h3-6,15-17,20,26H,2,7-12H2,1H3. The van der Waals surface area contributed by atoms with E-state index in [2.05, 4.69) is 6.58 Å². The minimum atomic E-state index is -3.37. The summed E-state index contributed by atoms with van der Waals surface area (Å²) in [5, 5.41) is 10.5. The van der Waals surface area contributed by atoms with Crippen LogP contribution in [0.2, 0.25) is 0 Å². The van der Waals surface area contributed by atoms with Gasteiger partial charge < -0.3 is 5.11 Å². The van der Waals surface area contributed by atoms with Crippen molar-refractivity contribution < 1.29 is 18.7 Å². The molecular weight excluding hydrogens is 334 g/mol. The summed E-state index contributed by atoms with van der Waals surface area (Å²) in [6.45, 7) is 5.27. The Kier molecular flexibility index (Phi) is 4.11. The van der Waals surface area contributed by atoms with Gasteiger partial charge >= 0.3 is 0 Å². The predicted molar refractivity (Wildman–Crippen MR) is 96.1 cm³/mol. The molecule has 1 aromatic carbocycles. The zero-order chi connectivity index (χ0) is 18.7. The van der Waals surface area contributed by atoms with Crippen LogP contribution in [-0.4, -0.2) is 16.8 Å². The zero-order valence-electron chi connectivity index (χ0n) is 15.2. The monoisotopic (exact) mass is 360 g/mol. The number of benzene rings is 1. The molecule has 4 bridgehead atoms. The lowest BCUT2D eigenvalue weighted by Gasteiger charge is -2.58. The van der Waals surface area contributed by atoms with Gasteiger partial charge in [0.05, 0.1) is 0 Å². The van der Waals surface area contributed by atoms with Crippen LogP contribution < -0.4 is 0 Å². The highest BCUT2D eigenvalue weighted by Crippen LogP contribution is 2.65. The first kappa shape index (κ1) is 17.8. The second kappa shape index (κ2) is 5.98. The molecule has 4 saturated carbocycles. The number of ketones is 1. The summed E-state index contributed by atoms with van der Waals surface area (Å²) in [5.41, 5.74) is -0.0132. The van der Waals surface area contributed by atoms with Crippen molar-refractivity contribution in [2.24, 2.45) is 23.2 Å².